The van der Waals surface area contributed by atoms with Gasteiger partial charge >= 0.3 is 0 Å². The van der Waals surface area contributed by atoms with Crippen LogP contribution in [-0.2, 0) is 16.6 Å². The van der Waals surface area contributed by atoms with E-state index in [9.17, 15) is 4.79 Å². The predicted molar refractivity (Wildman–Crippen MR) is 77.2 cm³/mol. The molecule has 0 unspecified atom stereocenters. The number of aryl methyl sites for hydroxylation is 1. The molecule has 0 saturated heterocycles. The molecule has 0 saturated carbocycles. The average Bonchev–Trinajstić information content (AvgIpc) is 2.36. The summed E-state index contributed by atoms with van der Waals surface area (Å²) in [6, 6.07) is 6.77. The Kier molecular flexibility index (Phi) is 4.00. The van der Waals surface area contributed by atoms with Crippen LogP contribution < -0.4 is 5.32 Å². The van der Waals surface area contributed by atoms with E-state index >= 15 is 0 Å². The number of nitrogens with one attached hydrogen (secondary N) is 1. The Morgan fingerprint density at radius 2 is 2.22 bits per heavy atom. The summed E-state index contributed by atoms with van der Waals surface area (Å²) in [4.78, 5) is 12.5. The smallest absolute Gasteiger partial charge is 0.216 e. The third-order valence-electron chi connectivity index (χ3n) is 3.47. The zero-order valence-electron chi connectivity index (χ0n) is 11.4. The number of amides is 1. The van der Waals surface area contributed by atoms with Crippen LogP contribution >= 0.6 is 11.8 Å². The van der Waals surface area contributed by atoms with Crippen molar-refractivity contribution in [1.29, 1.82) is 0 Å². The summed E-state index contributed by atoms with van der Waals surface area (Å²) in [5, 5.41) is 2.92. The van der Waals surface area contributed by atoms with Crippen LogP contribution in [0.1, 0.15) is 38.3 Å². The lowest BCUT2D eigenvalue weighted by Gasteiger charge is -2.27. The lowest BCUT2D eigenvalue weighted by molar-refractivity contribution is -0.119. The molecule has 1 aliphatic heterocycles. The molecule has 1 amide bonds. The molecule has 1 aromatic carbocycles. The van der Waals surface area contributed by atoms with Gasteiger partial charge in [0.15, 0.2) is 0 Å². The Morgan fingerprint density at radius 1 is 1.44 bits per heavy atom. The molecule has 1 N–H and O–H groups in total. The molecule has 18 heavy (non-hydrogen) atoms. The molecule has 0 bridgehead atoms. The summed E-state index contributed by atoms with van der Waals surface area (Å²) in [6.45, 7) is 6.62. The lowest BCUT2D eigenvalue weighted by atomic mass is 9.83. The summed E-state index contributed by atoms with van der Waals surface area (Å²) in [5.74, 6) is 1.28. The van der Waals surface area contributed by atoms with Crippen LogP contribution in [0.5, 0.6) is 0 Å². The highest BCUT2D eigenvalue weighted by Gasteiger charge is 2.22. The van der Waals surface area contributed by atoms with Gasteiger partial charge in [-0.25, -0.2) is 0 Å². The van der Waals surface area contributed by atoms with Crippen molar-refractivity contribution in [3.05, 3.63) is 29.3 Å². The van der Waals surface area contributed by atoms with E-state index in [4.69, 9.17) is 0 Å². The molecule has 2 rings (SSSR count). The molecular formula is C15H21NOS. The number of hydrogen-bond acceptors (Lipinski definition) is 2. The van der Waals surface area contributed by atoms with Crippen molar-refractivity contribution < 1.29 is 4.79 Å². The highest BCUT2D eigenvalue weighted by Crippen LogP contribution is 2.33. The fourth-order valence-corrected chi connectivity index (χ4v) is 3.25. The summed E-state index contributed by atoms with van der Waals surface area (Å²) in [5.41, 5.74) is 2.78. The van der Waals surface area contributed by atoms with Crippen LogP contribution in [0.4, 0.5) is 0 Å². The maximum Gasteiger partial charge on any atom is 0.216 e. The predicted octanol–water partition coefficient (Wildman–Crippen LogP) is 3.14. The van der Waals surface area contributed by atoms with Gasteiger partial charge in [0, 0.05) is 23.8 Å². The number of fused-ring (bicyclic) bond motifs is 1. The van der Waals surface area contributed by atoms with E-state index in [-0.39, 0.29) is 11.3 Å². The first kappa shape index (κ1) is 13.5. The van der Waals surface area contributed by atoms with E-state index in [1.54, 1.807) is 6.92 Å². The number of benzene rings is 1. The van der Waals surface area contributed by atoms with Crippen molar-refractivity contribution in [2.45, 2.75) is 43.9 Å². The van der Waals surface area contributed by atoms with Crippen LogP contribution in [0.3, 0.4) is 0 Å². The van der Waals surface area contributed by atoms with Crippen molar-refractivity contribution in [1.82, 2.24) is 5.32 Å². The molecule has 2 nitrogen and oxygen atoms in total. The number of carbonyl (C=O) groups excluding carboxylic acids is 1. The maximum atomic E-state index is 11.0. The minimum absolute atomic E-state index is 0.0111. The molecular weight excluding hydrogens is 242 g/mol. The van der Waals surface area contributed by atoms with Gasteiger partial charge in [-0.1, -0.05) is 26.0 Å². The molecule has 1 aliphatic rings. The Bertz CT molecular complexity index is 454. The van der Waals surface area contributed by atoms with E-state index in [0.717, 1.165) is 0 Å². The topological polar surface area (TPSA) is 29.1 Å². The van der Waals surface area contributed by atoms with Gasteiger partial charge in [-0.3, -0.25) is 4.79 Å². The minimum atomic E-state index is -0.0111. The summed E-state index contributed by atoms with van der Waals surface area (Å²) in [6.07, 6.45) is 2.46. The third-order valence-corrected chi connectivity index (χ3v) is 4.67. The second-order valence-corrected chi connectivity index (χ2v) is 6.70. The van der Waals surface area contributed by atoms with Gasteiger partial charge in [0.25, 0.3) is 0 Å². The minimum Gasteiger partial charge on any atom is -0.355 e. The Balaban J connectivity index is 2.19. The highest BCUT2D eigenvalue weighted by molar-refractivity contribution is 7.99. The van der Waals surface area contributed by atoms with E-state index in [1.807, 2.05) is 11.8 Å². The molecule has 0 aromatic heterocycles. The standard InChI is InChI=1S/C15H21NOS/c1-11(17)16-10-15(2,3)13-6-7-14-12(9-13)5-4-8-18-14/h6-7,9H,4-5,8,10H2,1-3H3,(H,16,17). The zero-order chi connectivity index (χ0) is 13.2. The van der Waals surface area contributed by atoms with Crippen LogP contribution in [0.15, 0.2) is 23.1 Å². The Morgan fingerprint density at radius 3 is 2.94 bits per heavy atom. The zero-order valence-corrected chi connectivity index (χ0v) is 12.2. The van der Waals surface area contributed by atoms with E-state index in [2.05, 4.69) is 37.4 Å². The first-order valence-electron chi connectivity index (χ1n) is 6.50. The molecule has 0 spiro atoms. The van der Waals surface area contributed by atoms with Crippen LogP contribution in [-0.4, -0.2) is 18.2 Å². The third kappa shape index (κ3) is 3.08. The number of hydrogen-bond donors (Lipinski definition) is 1. The molecule has 1 aromatic rings. The molecule has 0 atom stereocenters. The van der Waals surface area contributed by atoms with Gasteiger partial charge in [-0.15, -0.1) is 11.8 Å². The highest BCUT2D eigenvalue weighted by atomic mass is 32.2. The molecule has 0 radical (unpaired) electrons. The summed E-state index contributed by atoms with van der Waals surface area (Å²) < 4.78 is 0. The fourth-order valence-electron chi connectivity index (χ4n) is 2.23. The quantitative estimate of drug-likeness (QED) is 0.907. The normalized spacial score (nSPS) is 15.1. The molecule has 0 aliphatic carbocycles. The van der Waals surface area contributed by atoms with Gasteiger partial charge < -0.3 is 5.32 Å². The lowest BCUT2D eigenvalue weighted by Crippen LogP contribution is -2.35. The van der Waals surface area contributed by atoms with Gasteiger partial charge in [0.1, 0.15) is 0 Å². The number of thioether (sulfide) groups is 1. The van der Waals surface area contributed by atoms with Crippen molar-refractivity contribution >= 4 is 17.7 Å². The maximum absolute atomic E-state index is 11.0. The number of carbonyl (C=O) groups is 1. The van der Waals surface area contributed by atoms with E-state index < -0.39 is 0 Å². The van der Waals surface area contributed by atoms with Crippen LogP contribution in [0.2, 0.25) is 0 Å². The van der Waals surface area contributed by atoms with Crippen LogP contribution in [0.25, 0.3) is 0 Å². The summed E-state index contributed by atoms with van der Waals surface area (Å²) in [7, 11) is 0. The van der Waals surface area contributed by atoms with Crippen molar-refractivity contribution in [3.63, 3.8) is 0 Å². The van der Waals surface area contributed by atoms with Crippen molar-refractivity contribution in [3.8, 4) is 0 Å². The van der Waals surface area contributed by atoms with Gasteiger partial charge in [0.2, 0.25) is 5.91 Å². The van der Waals surface area contributed by atoms with Gasteiger partial charge in [0.05, 0.1) is 0 Å². The SMILES string of the molecule is CC(=O)NCC(C)(C)c1ccc2c(c1)CCCS2. The van der Waals surface area contributed by atoms with E-state index in [0.29, 0.717) is 6.54 Å². The number of rotatable bonds is 3. The van der Waals surface area contributed by atoms with Crippen LogP contribution in [0, 0.1) is 0 Å². The Hall–Kier alpha value is -0.960. The average molecular weight is 263 g/mol. The monoisotopic (exact) mass is 263 g/mol. The Labute approximate surface area is 114 Å². The van der Waals surface area contributed by atoms with E-state index in [1.165, 1.54) is 34.6 Å². The van der Waals surface area contributed by atoms with Crippen molar-refractivity contribution in [2.75, 3.05) is 12.3 Å². The van der Waals surface area contributed by atoms with Crippen molar-refractivity contribution in [2.24, 2.45) is 0 Å². The molecule has 1 heterocycles. The molecule has 3 heteroatoms. The first-order valence-corrected chi connectivity index (χ1v) is 7.48. The fraction of sp³-hybridized carbons (Fsp3) is 0.533. The molecule has 0 fully saturated rings. The second kappa shape index (κ2) is 5.35. The molecule has 98 valence electrons. The largest absolute Gasteiger partial charge is 0.355 e. The second-order valence-electron chi connectivity index (χ2n) is 5.57. The first-order chi connectivity index (χ1) is 8.49. The summed E-state index contributed by atoms with van der Waals surface area (Å²) >= 11 is 1.96. The van der Waals surface area contributed by atoms with Gasteiger partial charge in [-0.2, -0.15) is 0 Å². The van der Waals surface area contributed by atoms with Gasteiger partial charge in [-0.05, 0) is 35.8 Å².